The van der Waals surface area contributed by atoms with Crippen LogP contribution in [0, 0.1) is 17.8 Å². The molecule has 0 radical (unpaired) electrons. The first-order valence-electron chi connectivity index (χ1n) is 17.1. The van der Waals surface area contributed by atoms with E-state index in [4.69, 9.17) is 23.7 Å². The van der Waals surface area contributed by atoms with Crippen LogP contribution in [0.4, 0.5) is 13.2 Å². The van der Waals surface area contributed by atoms with Crippen molar-refractivity contribution in [3.05, 3.63) is 0 Å². The Morgan fingerprint density at radius 3 is 2.06 bits per heavy atom. The van der Waals surface area contributed by atoms with Gasteiger partial charge < -0.3 is 54.5 Å². The highest BCUT2D eigenvalue weighted by molar-refractivity contribution is 5.73. The minimum Gasteiger partial charge on any atom is -0.396 e. The molecule has 1 saturated carbocycles. The lowest BCUT2D eigenvalue weighted by Crippen LogP contribution is -2.66. The van der Waals surface area contributed by atoms with E-state index in [0.29, 0.717) is 25.2 Å². The van der Waals surface area contributed by atoms with Crippen LogP contribution in [-0.4, -0.2) is 125 Å². The number of amides is 1. The summed E-state index contributed by atoms with van der Waals surface area (Å²) >= 11 is 0. The van der Waals surface area contributed by atoms with Gasteiger partial charge in [-0.2, -0.15) is 13.2 Å². The number of hydrogen-bond donors (Lipinski definition) is 6. The molecule has 2 heterocycles. The molecule has 3 aliphatic rings. The second-order valence-electron chi connectivity index (χ2n) is 13.2. The van der Waals surface area contributed by atoms with Gasteiger partial charge in [-0.15, -0.1) is 0 Å². The second kappa shape index (κ2) is 18.7. The lowest BCUT2D eigenvalue weighted by Gasteiger charge is -2.47. The molecule has 6 N–H and O–H groups in total. The molecule has 0 aromatic rings. The van der Waals surface area contributed by atoms with Crippen molar-refractivity contribution in [3.63, 3.8) is 0 Å². The zero-order chi connectivity index (χ0) is 34.9. The number of alkyl halides is 3. The van der Waals surface area contributed by atoms with Crippen molar-refractivity contribution in [1.82, 2.24) is 5.32 Å². The third-order valence-electron chi connectivity index (χ3n) is 9.89. The van der Waals surface area contributed by atoms with Gasteiger partial charge in [-0.3, -0.25) is 4.79 Å². The van der Waals surface area contributed by atoms with Gasteiger partial charge in [-0.25, -0.2) is 0 Å². The van der Waals surface area contributed by atoms with Crippen molar-refractivity contribution < 1.29 is 67.2 Å². The van der Waals surface area contributed by atoms with Crippen molar-refractivity contribution in [2.45, 2.75) is 159 Å². The van der Waals surface area contributed by atoms with E-state index in [9.17, 15) is 43.5 Å². The minimum absolute atomic E-state index is 0.258. The Labute approximate surface area is 275 Å². The number of hydrogen-bond acceptors (Lipinski definition) is 11. The third-order valence-corrected chi connectivity index (χ3v) is 9.89. The fraction of sp³-hybridized carbons (Fsp3) is 0.969. The number of nitrogens with one attached hydrogen (secondary N) is 1. The van der Waals surface area contributed by atoms with Crippen LogP contribution in [0.5, 0.6) is 0 Å². The van der Waals surface area contributed by atoms with Crippen LogP contribution in [0.2, 0.25) is 0 Å². The van der Waals surface area contributed by atoms with Gasteiger partial charge in [0, 0.05) is 6.92 Å². The lowest BCUT2D eigenvalue weighted by atomic mass is 9.85. The Bertz CT molecular complexity index is 923. The van der Waals surface area contributed by atoms with Crippen LogP contribution in [0.15, 0.2) is 0 Å². The molecule has 0 bridgehead atoms. The normalized spacial score (nSPS) is 34.4. The van der Waals surface area contributed by atoms with E-state index >= 15 is 0 Å². The summed E-state index contributed by atoms with van der Waals surface area (Å²) in [5, 5.41) is 54.6. The summed E-state index contributed by atoms with van der Waals surface area (Å²) in [4.78, 5) is 12.4. The van der Waals surface area contributed by atoms with Gasteiger partial charge in [0.25, 0.3) is 0 Å². The van der Waals surface area contributed by atoms with Crippen LogP contribution < -0.4 is 5.32 Å². The molecular weight excluding hydrogens is 631 g/mol. The maximum Gasteiger partial charge on any atom is 0.417 e. The molecule has 1 amide bonds. The van der Waals surface area contributed by atoms with Crippen molar-refractivity contribution in [1.29, 1.82) is 0 Å². The standard InChI is InChI=1S/C32H56F3NO11/c1-5-19(6-2)27(46-30-21(15-38)25(41)29(47-30)32(33,34)35)22(7-3)44-31-24(36-17(4)40)28(26(42)23(16-39)45-31)43-20(14-37)13-18-11-9-8-10-12-18/h18-31,37-39,41-42H,5-16H2,1-4H3,(H,36,40). The molecule has 12 atom stereocenters. The van der Waals surface area contributed by atoms with Crippen LogP contribution in [0.3, 0.4) is 0 Å². The first-order valence-corrected chi connectivity index (χ1v) is 17.1. The Morgan fingerprint density at radius 1 is 0.894 bits per heavy atom. The molecule has 2 aliphatic heterocycles. The van der Waals surface area contributed by atoms with Crippen molar-refractivity contribution in [2.24, 2.45) is 17.8 Å². The molecule has 3 fully saturated rings. The zero-order valence-corrected chi connectivity index (χ0v) is 27.9. The molecule has 47 heavy (non-hydrogen) atoms. The summed E-state index contributed by atoms with van der Waals surface area (Å²) in [6, 6.07) is -1.11. The smallest absolute Gasteiger partial charge is 0.396 e. The lowest BCUT2D eigenvalue weighted by molar-refractivity contribution is -0.314. The van der Waals surface area contributed by atoms with Crippen LogP contribution in [-0.2, 0) is 28.5 Å². The summed E-state index contributed by atoms with van der Waals surface area (Å²) in [6.45, 7) is 5.03. The molecule has 1 aliphatic carbocycles. The highest BCUT2D eigenvalue weighted by Gasteiger charge is 2.57. The predicted molar refractivity (Wildman–Crippen MR) is 162 cm³/mol. The van der Waals surface area contributed by atoms with E-state index in [1.165, 1.54) is 6.92 Å². The molecule has 0 aromatic heterocycles. The van der Waals surface area contributed by atoms with Gasteiger partial charge in [-0.1, -0.05) is 65.7 Å². The molecule has 3 rings (SSSR count). The zero-order valence-electron chi connectivity index (χ0n) is 27.9. The summed E-state index contributed by atoms with van der Waals surface area (Å²) in [5.74, 6) is -1.80. The first kappa shape index (κ1) is 40.3. The van der Waals surface area contributed by atoms with E-state index in [1.54, 1.807) is 6.92 Å². The van der Waals surface area contributed by atoms with Gasteiger partial charge in [0.1, 0.15) is 24.4 Å². The number of aliphatic hydroxyl groups is 5. The Morgan fingerprint density at radius 2 is 1.55 bits per heavy atom. The number of aliphatic hydroxyl groups excluding tert-OH is 5. The minimum atomic E-state index is -4.89. The molecule has 2 saturated heterocycles. The Kier molecular flexibility index (Phi) is 16.1. The second-order valence-corrected chi connectivity index (χ2v) is 13.2. The topological polar surface area (TPSA) is 176 Å². The molecule has 0 spiro atoms. The molecule has 0 aromatic carbocycles. The van der Waals surface area contributed by atoms with Crippen molar-refractivity contribution in [2.75, 3.05) is 19.8 Å². The summed E-state index contributed by atoms with van der Waals surface area (Å²) < 4.78 is 70.9. The number of halogens is 3. The highest BCUT2D eigenvalue weighted by atomic mass is 19.4. The molecule has 276 valence electrons. The van der Waals surface area contributed by atoms with Gasteiger partial charge in [0.05, 0.1) is 50.2 Å². The van der Waals surface area contributed by atoms with Gasteiger partial charge >= 0.3 is 6.18 Å². The average molecular weight is 688 g/mol. The van der Waals surface area contributed by atoms with Crippen LogP contribution in [0.1, 0.15) is 85.5 Å². The van der Waals surface area contributed by atoms with E-state index in [-0.39, 0.29) is 18.9 Å². The number of ether oxygens (including phenoxy) is 5. The maximum atomic E-state index is 13.6. The first-order chi connectivity index (χ1) is 22.3. The third kappa shape index (κ3) is 10.4. The quantitative estimate of drug-likeness (QED) is 0.132. The number of rotatable bonds is 17. The highest BCUT2D eigenvalue weighted by Crippen LogP contribution is 2.40. The Hall–Kier alpha value is -1.14. The summed E-state index contributed by atoms with van der Waals surface area (Å²) in [7, 11) is 0. The molecule has 15 heteroatoms. The van der Waals surface area contributed by atoms with E-state index in [0.717, 1.165) is 32.1 Å². The molecular formula is C32H56F3NO11. The summed E-state index contributed by atoms with van der Waals surface area (Å²) in [6.07, 6.45) is -11.4. The predicted octanol–water partition coefficient (Wildman–Crippen LogP) is 2.16. The molecule has 12 nitrogen and oxygen atoms in total. The number of carbonyl (C=O) groups is 1. The SMILES string of the molecule is CCC(CC)C(OC1OC(C(F)(F)F)C(O)C1CO)C(CC)OC1OC(CO)C(O)C(OC(CO)CC2CCCCC2)C1NC(C)=O. The fourth-order valence-electron chi connectivity index (χ4n) is 7.22. The Balaban J connectivity index is 1.90. The van der Waals surface area contributed by atoms with Gasteiger partial charge in [0.15, 0.2) is 18.7 Å². The van der Waals surface area contributed by atoms with Crippen LogP contribution in [0.25, 0.3) is 0 Å². The fourth-order valence-corrected chi connectivity index (χ4v) is 7.22. The largest absolute Gasteiger partial charge is 0.417 e. The monoisotopic (exact) mass is 687 g/mol. The van der Waals surface area contributed by atoms with Gasteiger partial charge in [0.2, 0.25) is 5.91 Å². The van der Waals surface area contributed by atoms with E-state index in [2.05, 4.69) is 5.32 Å². The maximum absolute atomic E-state index is 13.6. The van der Waals surface area contributed by atoms with Crippen molar-refractivity contribution >= 4 is 5.91 Å². The molecule has 12 unspecified atom stereocenters. The number of carbonyl (C=O) groups excluding carboxylic acids is 1. The summed E-state index contributed by atoms with van der Waals surface area (Å²) in [5.41, 5.74) is 0. The van der Waals surface area contributed by atoms with Crippen LogP contribution >= 0.6 is 0 Å². The van der Waals surface area contributed by atoms with Crippen molar-refractivity contribution in [3.8, 4) is 0 Å². The van der Waals surface area contributed by atoms with E-state index in [1.807, 2.05) is 13.8 Å². The average Bonchev–Trinajstić information content (AvgIpc) is 3.37. The van der Waals surface area contributed by atoms with E-state index < -0.39 is 98.7 Å². The van der Waals surface area contributed by atoms with Gasteiger partial charge in [-0.05, 0) is 24.7 Å².